The molecule has 1 aliphatic heterocycles. The summed E-state index contributed by atoms with van der Waals surface area (Å²) in [5.41, 5.74) is 0.895. The van der Waals surface area contributed by atoms with Crippen molar-refractivity contribution < 1.29 is 0 Å². The van der Waals surface area contributed by atoms with Gasteiger partial charge >= 0.3 is 0 Å². The molecule has 1 aliphatic rings. The zero-order chi connectivity index (χ0) is 12.3. The van der Waals surface area contributed by atoms with Crippen molar-refractivity contribution in [3.63, 3.8) is 0 Å². The molecular formula is C12H19ClN4. The maximum atomic E-state index is 5.83. The largest absolute Gasteiger partial charge is 0.368 e. The molecule has 1 saturated heterocycles. The summed E-state index contributed by atoms with van der Waals surface area (Å²) in [4.78, 5) is 10.7. The number of nitrogens with one attached hydrogen (secondary N) is 1. The van der Waals surface area contributed by atoms with Gasteiger partial charge in [-0.2, -0.15) is 0 Å². The van der Waals surface area contributed by atoms with Crippen LogP contribution >= 0.6 is 11.6 Å². The predicted molar refractivity (Wildman–Crippen MR) is 70.5 cm³/mol. The van der Waals surface area contributed by atoms with Crippen molar-refractivity contribution in [2.75, 3.05) is 25.0 Å². The molecule has 1 fully saturated rings. The zero-order valence-corrected chi connectivity index (χ0v) is 11.2. The molecule has 17 heavy (non-hydrogen) atoms. The van der Waals surface area contributed by atoms with Crippen LogP contribution in [0, 0.1) is 6.92 Å². The molecule has 1 aromatic rings. The van der Waals surface area contributed by atoms with E-state index in [1.54, 1.807) is 0 Å². The minimum atomic E-state index is 0.311. The standard InChI is InChI=1S/C12H19ClN4/c1-3-17-6-4-5-10(17)8-14-11-7-9(2)15-12(13)16-11/h7,10H,3-6,8H2,1-2H3,(H,14,15,16). The van der Waals surface area contributed by atoms with Crippen molar-refractivity contribution in [1.29, 1.82) is 0 Å². The van der Waals surface area contributed by atoms with Crippen LogP contribution in [0.1, 0.15) is 25.5 Å². The van der Waals surface area contributed by atoms with Crippen LogP contribution in [0.25, 0.3) is 0 Å². The Morgan fingerprint density at radius 2 is 2.35 bits per heavy atom. The van der Waals surface area contributed by atoms with Crippen LogP contribution in [0.3, 0.4) is 0 Å². The first-order valence-electron chi connectivity index (χ1n) is 6.18. The number of hydrogen-bond donors (Lipinski definition) is 1. The van der Waals surface area contributed by atoms with E-state index in [2.05, 4.69) is 27.1 Å². The number of likely N-dealkylation sites (tertiary alicyclic amines) is 1. The Kier molecular flexibility index (Phi) is 4.18. The average molecular weight is 255 g/mol. The Morgan fingerprint density at radius 3 is 3.06 bits per heavy atom. The van der Waals surface area contributed by atoms with Gasteiger partial charge in [-0.05, 0) is 44.5 Å². The van der Waals surface area contributed by atoms with E-state index in [4.69, 9.17) is 11.6 Å². The number of anilines is 1. The van der Waals surface area contributed by atoms with Gasteiger partial charge in [0.25, 0.3) is 0 Å². The maximum absolute atomic E-state index is 5.83. The van der Waals surface area contributed by atoms with E-state index in [0.717, 1.165) is 24.6 Å². The Labute approximate surface area is 107 Å². The predicted octanol–water partition coefficient (Wildman–Crippen LogP) is 2.33. The SMILES string of the molecule is CCN1CCCC1CNc1cc(C)nc(Cl)n1. The summed E-state index contributed by atoms with van der Waals surface area (Å²) >= 11 is 5.83. The van der Waals surface area contributed by atoms with Gasteiger partial charge in [-0.1, -0.05) is 6.92 Å². The lowest BCUT2D eigenvalue weighted by Gasteiger charge is -2.23. The average Bonchev–Trinajstić information content (AvgIpc) is 2.72. The lowest BCUT2D eigenvalue weighted by atomic mass is 10.2. The third kappa shape index (κ3) is 3.30. The van der Waals surface area contributed by atoms with E-state index >= 15 is 0 Å². The highest BCUT2D eigenvalue weighted by Crippen LogP contribution is 2.17. The van der Waals surface area contributed by atoms with Crippen molar-refractivity contribution in [1.82, 2.24) is 14.9 Å². The van der Waals surface area contributed by atoms with Gasteiger partial charge in [0.15, 0.2) is 0 Å². The third-order valence-corrected chi connectivity index (χ3v) is 3.42. The Balaban J connectivity index is 1.93. The molecule has 0 spiro atoms. The minimum Gasteiger partial charge on any atom is -0.368 e. The maximum Gasteiger partial charge on any atom is 0.224 e. The highest BCUT2D eigenvalue weighted by molar-refractivity contribution is 6.28. The number of aryl methyl sites for hydroxylation is 1. The van der Waals surface area contributed by atoms with E-state index < -0.39 is 0 Å². The van der Waals surface area contributed by atoms with Crippen LogP contribution in [0.2, 0.25) is 5.28 Å². The molecule has 1 aromatic heterocycles. The number of halogens is 1. The molecule has 5 heteroatoms. The van der Waals surface area contributed by atoms with Crippen molar-refractivity contribution in [2.45, 2.75) is 32.7 Å². The first-order valence-corrected chi connectivity index (χ1v) is 6.56. The number of hydrogen-bond acceptors (Lipinski definition) is 4. The molecule has 0 aliphatic carbocycles. The molecule has 4 nitrogen and oxygen atoms in total. The van der Waals surface area contributed by atoms with Gasteiger partial charge in [0.2, 0.25) is 5.28 Å². The molecule has 1 N–H and O–H groups in total. The number of aromatic nitrogens is 2. The first kappa shape index (κ1) is 12.6. The second-order valence-corrected chi connectivity index (χ2v) is 4.81. The molecule has 0 radical (unpaired) electrons. The monoisotopic (exact) mass is 254 g/mol. The van der Waals surface area contributed by atoms with Crippen LogP contribution in [-0.2, 0) is 0 Å². The van der Waals surface area contributed by atoms with E-state index in [-0.39, 0.29) is 0 Å². The number of likely N-dealkylation sites (N-methyl/N-ethyl adjacent to an activating group) is 1. The summed E-state index contributed by atoms with van der Waals surface area (Å²) in [5.74, 6) is 0.824. The Hall–Kier alpha value is -0.870. The van der Waals surface area contributed by atoms with Crippen molar-refractivity contribution in [2.24, 2.45) is 0 Å². The van der Waals surface area contributed by atoms with E-state index in [1.807, 2.05) is 13.0 Å². The van der Waals surface area contributed by atoms with Gasteiger partial charge in [-0.15, -0.1) is 0 Å². The fraction of sp³-hybridized carbons (Fsp3) is 0.667. The van der Waals surface area contributed by atoms with Gasteiger partial charge < -0.3 is 5.32 Å². The first-order chi connectivity index (χ1) is 8.19. The topological polar surface area (TPSA) is 41.0 Å². The molecule has 0 saturated carbocycles. The van der Waals surface area contributed by atoms with Gasteiger partial charge in [-0.3, -0.25) is 4.90 Å². The second-order valence-electron chi connectivity index (χ2n) is 4.47. The molecule has 0 bridgehead atoms. The lowest BCUT2D eigenvalue weighted by Crippen LogP contribution is -2.34. The summed E-state index contributed by atoms with van der Waals surface area (Å²) in [6.07, 6.45) is 2.56. The highest BCUT2D eigenvalue weighted by atomic mass is 35.5. The summed E-state index contributed by atoms with van der Waals surface area (Å²) in [6.45, 7) is 7.40. The normalized spacial score (nSPS) is 20.8. The fourth-order valence-electron chi connectivity index (χ4n) is 2.39. The van der Waals surface area contributed by atoms with Gasteiger partial charge in [0.1, 0.15) is 5.82 Å². The number of rotatable bonds is 4. The molecule has 0 aromatic carbocycles. The summed E-state index contributed by atoms with van der Waals surface area (Å²) < 4.78 is 0. The molecule has 2 rings (SSSR count). The Bertz CT molecular complexity index is 363. The van der Waals surface area contributed by atoms with Crippen molar-refractivity contribution in [3.8, 4) is 0 Å². The van der Waals surface area contributed by atoms with E-state index in [9.17, 15) is 0 Å². The summed E-state index contributed by atoms with van der Waals surface area (Å²) in [7, 11) is 0. The quantitative estimate of drug-likeness (QED) is 0.838. The molecular weight excluding hydrogens is 236 g/mol. The van der Waals surface area contributed by atoms with Crippen LogP contribution in [0.15, 0.2) is 6.07 Å². The van der Waals surface area contributed by atoms with Crippen molar-refractivity contribution >= 4 is 17.4 Å². The van der Waals surface area contributed by atoms with Crippen LogP contribution in [-0.4, -0.2) is 40.5 Å². The van der Waals surface area contributed by atoms with Crippen LogP contribution in [0.4, 0.5) is 5.82 Å². The molecule has 2 heterocycles. The highest BCUT2D eigenvalue weighted by Gasteiger charge is 2.22. The minimum absolute atomic E-state index is 0.311. The summed E-state index contributed by atoms with van der Waals surface area (Å²) in [5, 5.41) is 3.67. The lowest BCUT2D eigenvalue weighted by molar-refractivity contribution is 0.277. The van der Waals surface area contributed by atoms with Crippen LogP contribution < -0.4 is 5.32 Å². The van der Waals surface area contributed by atoms with Gasteiger partial charge in [-0.25, -0.2) is 9.97 Å². The van der Waals surface area contributed by atoms with Gasteiger partial charge in [0.05, 0.1) is 0 Å². The molecule has 1 atom stereocenters. The van der Waals surface area contributed by atoms with Crippen molar-refractivity contribution in [3.05, 3.63) is 17.0 Å². The zero-order valence-electron chi connectivity index (χ0n) is 10.4. The van der Waals surface area contributed by atoms with E-state index in [0.29, 0.717) is 11.3 Å². The van der Waals surface area contributed by atoms with E-state index in [1.165, 1.54) is 19.4 Å². The van der Waals surface area contributed by atoms with Crippen LogP contribution in [0.5, 0.6) is 0 Å². The molecule has 0 amide bonds. The molecule has 1 unspecified atom stereocenters. The van der Waals surface area contributed by atoms with Gasteiger partial charge in [0, 0.05) is 24.3 Å². The molecule has 94 valence electrons. The smallest absolute Gasteiger partial charge is 0.224 e. The summed E-state index contributed by atoms with van der Waals surface area (Å²) in [6, 6.07) is 2.55. The third-order valence-electron chi connectivity index (χ3n) is 3.25. The second kappa shape index (κ2) is 5.65. The Morgan fingerprint density at radius 1 is 1.53 bits per heavy atom. The number of nitrogens with zero attached hydrogens (tertiary/aromatic N) is 3. The fourth-order valence-corrected chi connectivity index (χ4v) is 2.61.